The predicted molar refractivity (Wildman–Crippen MR) is 128 cm³/mol. The van der Waals surface area contributed by atoms with Crippen molar-refractivity contribution in [1.82, 2.24) is 15.1 Å². The second-order valence-electron chi connectivity index (χ2n) is 7.49. The Balaban J connectivity index is 1.55. The fourth-order valence-corrected chi connectivity index (χ4v) is 3.60. The molecule has 0 aliphatic carbocycles. The number of hydrogen-bond donors (Lipinski definition) is 1. The van der Waals surface area contributed by atoms with E-state index < -0.39 is 0 Å². The molecule has 3 aromatic carbocycles. The summed E-state index contributed by atoms with van der Waals surface area (Å²) in [5.74, 6) is 0.466. The van der Waals surface area contributed by atoms with Crippen LogP contribution < -0.4 is 15.6 Å². The smallest absolute Gasteiger partial charge is 0.267 e. The van der Waals surface area contributed by atoms with Gasteiger partial charge in [0.15, 0.2) is 0 Å². The summed E-state index contributed by atoms with van der Waals surface area (Å²) in [5.41, 5.74) is 3.02. The van der Waals surface area contributed by atoms with E-state index in [0.717, 1.165) is 22.4 Å². The van der Waals surface area contributed by atoms with Gasteiger partial charge >= 0.3 is 0 Å². The maximum atomic E-state index is 13.0. The van der Waals surface area contributed by atoms with Crippen LogP contribution in [0.5, 0.6) is 5.75 Å². The van der Waals surface area contributed by atoms with Gasteiger partial charge in [-0.3, -0.25) is 9.59 Å². The van der Waals surface area contributed by atoms with Crippen molar-refractivity contribution in [2.24, 2.45) is 0 Å². The Labute approximate surface area is 192 Å². The molecule has 6 heteroatoms. The average Bonchev–Trinajstić information content (AvgIpc) is 2.86. The molecule has 1 aromatic heterocycles. The van der Waals surface area contributed by atoms with Crippen LogP contribution in [-0.2, 0) is 11.3 Å². The minimum absolute atomic E-state index is 0.181. The molecule has 0 saturated carbocycles. The van der Waals surface area contributed by atoms with Gasteiger partial charge in [-0.25, -0.2) is 4.68 Å². The Hall–Kier alpha value is -4.19. The van der Waals surface area contributed by atoms with Crippen LogP contribution >= 0.6 is 0 Å². The minimum atomic E-state index is -0.337. The average molecular weight is 440 g/mol. The van der Waals surface area contributed by atoms with Gasteiger partial charge in [0.25, 0.3) is 5.56 Å². The van der Waals surface area contributed by atoms with E-state index in [1.807, 2.05) is 91.9 Å². The number of benzene rings is 3. The SMILES string of the molecule is CCOc1ccc(-c2ccc(=O)n(CC(=O)NC(c3ccccc3)c3ccccc3)n2)cc1. The third-order valence-corrected chi connectivity index (χ3v) is 5.19. The van der Waals surface area contributed by atoms with Gasteiger partial charge in [0, 0.05) is 11.6 Å². The lowest BCUT2D eigenvalue weighted by molar-refractivity contribution is -0.122. The molecule has 0 aliphatic rings. The molecule has 1 amide bonds. The second kappa shape index (κ2) is 10.4. The summed E-state index contributed by atoms with van der Waals surface area (Å²) < 4.78 is 6.66. The van der Waals surface area contributed by atoms with E-state index in [1.165, 1.54) is 10.7 Å². The molecule has 4 aromatic rings. The van der Waals surface area contributed by atoms with E-state index in [9.17, 15) is 9.59 Å². The van der Waals surface area contributed by atoms with Crippen LogP contribution in [0.4, 0.5) is 0 Å². The van der Waals surface area contributed by atoms with Gasteiger partial charge in [-0.1, -0.05) is 60.7 Å². The van der Waals surface area contributed by atoms with Crippen molar-refractivity contribution < 1.29 is 9.53 Å². The molecule has 166 valence electrons. The molecule has 0 bridgehead atoms. The normalized spacial score (nSPS) is 10.7. The summed E-state index contributed by atoms with van der Waals surface area (Å²) in [6.45, 7) is 2.33. The lowest BCUT2D eigenvalue weighted by atomic mass is 9.99. The van der Waals surface area contributed by atoms with Crippen LogP contribution in [0.25, 0.3) is 11.3 Å². The van der Waals surface area contributed by atoms with Gasteiger partial charge in [-0.2, -0.15) is 5.10 Å². The van der Waals surface area contributed by atoms with Crippen molar-refractivity contribution in [2.75, 3.05) is 6.61 Å². The fourth-order valence-electron chi connectivity index (χ4n) is 3.60. The predicted octanol–water partition coefficient (Wildman–Crippen LogP) is 4.21. The topological polar surface area (TPSA) is 73.2 Å². The van der Waals surface area contributed by atoms with Crippen molar-refractivity contribution in [1.29, 1.82) is 0 Å². The van der Waals surface area contributed by atoms with Gasteiger partial charge in [-0.05, 0) is 48.4 Å². The van der Waals surface area contributed by atoms with Crippen LogP contribution in [-0.4, -0.2) is 22.3 Å². The molecule has 0 radical (unpaired) electrons. The summed E-state index contributed by atoms with van der Waals surface area (Å²) in [4.78, 5) is 25.4. The zero-order chi connectivity index (χ0) is 23.0. The van der Waals surface area contributed by atoms with Crippen LogP contribution in [0, 0.1) is 0 Å². The van der Waals surface area contributed by atoms with Crippen LogP contribution in [0.2, 0.25) is 0 Å². The number of carbonyl (C=O) groups excluding carboxylic acids is 1. The van der Waals surface area contributed by atoms with Crippen molar-refractivity contribution in [3.8, 4) is 17.0 Å². The van der Waals surface area contributed by atoms with Crippen LogP contribution in [0.1, 0.15) is 24.1 Å². The standard InChI is InChI=1S/C27H25N3O3/c1-2-33-23-15-13-20(14-16-23)24-17-18-26(32)30(29-24)19-25(31)28-27(21-9-5-3-6-10-21)22-11-7-4-8-12-22/h3-18,27H,2,19H2,1H3,(H,28,31). The van der Waals surface area contributed by atoms with Crippen LogP contribution in [0.3, 0.4) is 0 Å². The lowest BCUT2D eigenvalue weighted by Crippen LogP contribution is -2.36. The Bertz CT molecular complexity index is 1210. The highest BCUT2D eigenvalue weighted by atomic mass is 16.5. The molecule has 0 atom stereocenters. The second-order valence-corrected chi connectivity index (χ2v) is 7.49. The number of carbonyl (C=O) groups is 1. The summed E-state index contributed by atoms with van der Waals surface area (Å²) in [6, 6.07) is 29.7. The molecule has 33 heavy (non-hydrogen) atoms. The first-order valence-electron chi connectivity index (χ1n) is 10.8. The number of rotatable bonds is 8. The van der Waals surface area contributed by atoms with Gasteiger partial charge in [0.1, 0.15) is 12.3 Å². The third-order valence-electron chi connectivity index (χ3n) is 5.19. The Morgan fingerprint density at radius 2 is 1.48 bits per heavy atom. The molecular weight excluding hydrogens is 414 g/mol. The molecule has 6 nitrogen and oxygen atoms in total. The van der Waals surface area contributed by atoms with E-state index in [4.69, 9.17) is 4.74 Å². The third kappa shape index (κ3) is 5.54. The molecular formula is C27H25N3O3. The first kappa shape index (κ1) is 22.0. The highest BCUT2D eigenvalue weighted by molar-refractivity contribution is 5.76. The number of hydrogen-bond acceptors (Lipinski definition) is 4. The summed E-state index contributed by atoms with van der Waals surface area (Å²) in [6.07, 6.45) is 0. The lowest BCUT2D eigenvalue weighted by Gasteiger charge is -2.20. The minimum Gasteiger partial charge on any atom is -0.494 e. The quantitative estimate of drug-likeness (QED) is 0.446. The fraction of sp³-hybridized carbons (Fsp3) is 0.148. The van der Waals surface area contributed by atoms with E-state index in [-0.39, 0.29) is 24.1 Å². The summed E-state index contributed by atoms with van der Waals surface area (Å²) >= 11 is 0. The molecule has 0 saturated heterocycles. The molecule has 1 N–H and O–H groups in total. The molecule has 4 rings (SSSR count). The van der Waals surface area contributed by atoms with Gasteiger partial charge in [0.2, 0.25) is 5.91 Å². The highest BCUT2D eigenvalue weighted by Gasteiger charge is 2.17. The molecule has 0 aliphatic heterocycles. The zero-order valence-corrected chi connectivity index (χ0v) is 18.3. The van der Waals surface area contributed by atoms with Gasteiger partial charge in [0.05, 0.1) is 18.3 Å². The maximum Gasteiger partial charge on any atom is 0.267 e. The number of nitrogens with zero attached hydrogens (tertiary/aromatic N) is 2. The van der Waals surface area contributed by atoms with Crippen molar-refractivity contribution in [3.05, 3.63) is 119 Å². The highest BCUT2D eigenvalue weighted by Crippen LogP contribution is 2.22. The van der Waals surface area contributed by atoms with E-state index >= 15 is 0 Å². The summed E-state index contributed by atoms with van der Waals surface area (Å²) in [5, 5.41) is 7.46. The molecule has 0 fully saturated rings. The van der Waals surface area contributed by atoms with Gasteiger partial charge in [-0.15, -0.1) is 0 Å². The zero-order valence-electron chi connectivity index (χ0n) is 18.3. The van der Waals surface area contributed by atoms with Crippen molar-refractivity contribution in [3.63, 3.8) is 0 Å². The van der Waals surface area contributed by atoms with Gasteiger partial charge < -0.3 is 10.1 Å². The van der Waals surface area contributed by atoms with E-state index in [2.05, 4.69) is 10.4 Å². The van der Waals surface area contributed by atoms with Crippen molar-refractivity contribution >= 4 is 5.91 Å². The first-order chi connectivity index (χ1) is 16.1. The molecule has 0 unspecified atom stereocenters. The number of amides is 1. The first-order valence-corrected chi connectivity index (χ1v) is 10.8. The summed E-state index contributed by atoms with van der Waals surface area (Å²) in [7, 11) is 0. The maximum absolute atomic E-state index is 13.0. The molecule has 0 spiro atoms. The monoisotopic (exact) mass is 439 g/mol. The Morgan fingerprint density at radius 1 is 0.879 bits per heavy atom. The van der Waals surface area contributed by atoms with E-state index in [0.29, 0.717) is 12.3 Å². The number of aromatic nitrogens is 2. The Kier molecular flexibility index (Phi) is 6.95. The number of ether oxygens (including phenoxy) is 1. The molecule has 1 heterocycles. The van der Waals surface area contributed by atoms with Crippen molar-refractivity contribution in [2.45, 2.75) is 19.5 Å². The Morgan fingerprint density at radius 3 is 2.06 bits per heavy atom. The van der Waals surface area contributed by atoms with Crippen LogP contribution in [0.15, 0.2) is 102 Å². The van der Waals surface area contributed by atoms with E-state index in [1.54, 1.807) is 6.07 Å². The largest absolute Gasteiger partial charge is 0.494 e. The number of nitrogens with one attached hydrogen (secondary N) is 1.